The molecular formula is C20H19F4N7O2. The third kappa shape index (κ3) is 4.71. The molecule has 2 amide bonds. The van der Waals surface area contributed by atoms with E-state index in [9.17, 15) is 27.2 Å². The number of hydrogen-bond acceptors (Lipinski definition) is 6. The number of likely N-dealkylation sites (tertiary alicyclic amines) is 1. The molecule has 174 valence electrons. The molecule has 1 aliphatic rings. The first-order valence-electron chi connectivity index (χ1n) is 9.86. The number of aromatic nitrogens is 4. The van der Waals surface area contributed by atoms with Crippen molar-refractivity contribution >= 4 is 28.7 Å². The summed E-state index contributed by atoms with van der Waals surface area (Å²) in [7, 11) is 1.05. The number of nitrogens with zero attached hydrogens (tertiary/aromatic N) is 6. The van der Waals surface area contributed by atoms with Crippen LogP contribution in [0.5, 0.6) is 0 Å². The minimum Gasteiger partial charge on any atom is -0.368 e. The zero-order valence-electron chi connectivity index (χ0n) is 17.4. The van der Waals surface area contributed by atoms with Crippen LogP contribution in [0.4, 0.5) is 23.5 Å². The Balaban J connectivity index is 1.54. The SMILES string of the molecule is CN(CC(F)(F)F)C(=O)Cn1nc(C2CN(C(=O)c3ccnc(N)n3)C2)c2cc(F)ccc21. The van der Waals surface area contributed by atoms with Crippen molar-refractivity contribution < 1.29 is 27.2 Å². The predicted molar refractivity (Wildman–Crippen MR) is 108 cm³/mol. The molecule has 33 heavy (non-hydrogen) atoms. The molecule has 0 spiro atoms. The summed E-state index contributed by atoms with van der Waals surface area (Å²) < 4.78 is 53.0. The molecule has 0 bridgehead atoms. The van der Waals surface area contributed by atoms with Crippen molar-refractivity contribution in [3.05, 3.63) is 47.7 Å². The van der Waals surface area contributed by atoms with Crippen LogP contribution in [-0.2, 0) is 11.3 Å². The van der Waals surface area contributed by atoms with Crippen molar-refractivity contribution in [1.29, 1.82) is 0 Å². The van der Waals surface area contributed by atoms with Crippen LogP contribution in [-0.4, -0.2) is 74.2 Å². The molecule has 0 unspecified atom stereocenters. The average Bonchev–Trinajstić information content (AvgIpc) is 3.02. The Morgan fingerprint density at radius 1 is 1.24 bits per heavy atom. The summed E-state index contributed by atoms with van der Waals surface area (Å²) in [6, 6.07) is 5.30. The lowest BCUT2D eigenvalue weighted by atomic mass is 9.93. The predicted octanol–water partition coefficient (Wildman–Crippen LogP) is 1.81. The highest BCUT2D eigenvalue weighted by molar-refractivity contribution is 5.93. The Morgan fingerprint density at radius 3 is 2.64 bits per heavy atom. The van der Waals surface area contributed by atoms with Crippen molar-refractivity contribution in [2.45, 2.75) is 18.6 Å². The van der Waals surface area contributed by atoms with Crippen molar-refractivity contribution in [2.75, 3.05) is 32.4 Å². The van der Waals surface area contributed by atoms with Crippen LogP contribution in [0.25, 0.3) is 10.9 Å². The number of benzene rings is 1. The zero-order chi connectivity index (χ0) is 23.9. The first kappa shape index (κ1) is 22.4. The van der Waals surface area contributed by atoms with E-state index < -0.39 is 31.0 Å². The average molecular weight is 465 g/mol. The fourth-order valence-electron chi connectivity index (χ4n) is 3.68. The molecule has 1 aromatic carbocycles. The molecule has 0 aliphatic carbocycles. The second-order valence-corrected chi connectivity index (χ2v) is 7.78. The summed E-state index contributed by atoms with van der Waals surface area (Å²) in [6.45, 7) is -1.29. The molecule has 9 nitrogen and oxygen atoms in total. The van der Waals surface area contributed by atoms with Gasteiger partial charge in [-0.2, -0.15) is 18.3 Å². The number of alkyl halides is 3. The Morgan fingerprint density at radius 2 is 1.97 bits per heavy atom. The van der Waals surface area contributed by atoms with E-state index in [-0.39, 0.29) is 36.6 Å². The third-order valence-corrected chi connectivity index (χ3v) is 5.32. The van der Waals surface area contributed by atoms with E-state index in [1.165, 1.54) is 40.0 Å². The van der Waals surface area contributed by atoms with Gasteiger partial charge < -0.3 is 15.5 Å². The Bertz CT molecular complexity index is 1220. The first-order chi connectivity index (χ1) is 15.5. The van der Waals surface area contributed by atoms with Gasteiger partial charge in [-0.25, -0.2) is 14.4 Å². The second-order valence-electron chi connectivity index (χ2n) is 7.78. The molecule has 3 aromatic rings. The summed E-state index contributed by atoms with van der Waals surface area (Å²) in [6.07, 6.45) is -3.15. The molecule has 1 saturated heterocycles. The Hall–Kier alpha value is -3.77. The number of carbonyl (C=O) groups excluding carboxylic acids is 2. The van der Waals surface area contributed by atoms with E-state index in [2.05, 4.69) is 15.1 Å². The summed E-state index contributed by atoms with van der Waals surface area (Å²) in [5.41, 5.74) is 6.52. The van der Waals surface area contributed by atoms with Crippen molar-refractivity contribution in [3.8, 4) is 0 Å². The van der Waals surface area contributed by atoms with Gasteiger partial charge in [-0.1, -0.05) is 0 Å². The molecule has 3 heterocycles. The molecule has 4 rings (SSSR count). The summed E-state index contributed by atoms with van der Waals surface area (Å²) >= 11 is 0. The highest BCUT2D eigenvalue weighted by Crippen LogP contribution is 2.33. The number of hydrogen-bond donors (Lipinski definition) is 1. The van der Waals surface area contributed by atoms with Crippen LogP contribution in [0.15, 0.2) is 30.5 Å². The van der Waals surface area contributed by atoms with Gasteiger partial charge in [-0.15, -0.1) is 0 Å². The van der Waals surface area contributed by atoms with Crippen molar-refractivity contribution in [1.82, 2.24) is 29.5 Å². The molecule has 1 aliphatic heterocycles. The van der Waals surface area contributed by atoms with Crippen LogP contribution in [0.1, 0.15) is 22.1 Å². The standard InChI is InChI=1S/C20H19F4N7O2/c1-29(10-20(22,23)24)16(32)9-31-15-3-2-12(21)6-13(15)17(28-31)11-7-30(8-11)18(33)14-4-5-26-19(25)27-14/h2-6,11H,7-10H2,1H3,(H2,25,26,27). The fraction of sp³-hybridized carbons (Fsp3) is 0.350. The lowest BCUT2D eigenvalue weighted by Gasteiger charge is -2.38. The molecule has 0 radical (unpaired) electrons. The number of nitrogens with two attached hydrogens (primary N) is 1. The zero-order valence-corrected chi connectivity index (χ0v) is 17.4. The number of likely N-dealkylation sites (N-methyl/N-ethyl adjacent to an activating group) is 1. The topological polar surface area (TPSA) is 110 Å². The van der Waals surface area contributed by atoms with Gasteiger partial charge in [0, 0.05) is 37.6 Å². The number of anilines is 1. The van der Waals surface area contributed by atoms with Gasteiger partial charge in [0.25, 0.3) is 5.91 Å². The Labute approximate surface area is 184 Å². The van der Waals surface area contributed by atoms with E-state index >= 15 is 0 Å². The smallest absolute Gasteiger partial charge is 0.368 e. The molecule has 0 atom stereocenters. The molecular weight excluding hydrogens is 446 g/mol. The normalized spacial score (nSPS) is 14.4. The summed E-state index contributed by atoms with van der Waals surface area (Å²) in [4.78, 5) is 34.6. The maximum Gasteiger partial charge on any atom is 0.406 e. The van der Waals surface area contributed by atoms with Crippen LogP contribution >= 0.6 is 0 Å². The van der Waals surface area contributed by atoms with Gasteiger partial charge in [0.2, 0.25) is 11.9 Å². The fourth-order valence-corrected chi connectivity index (χ4v) is 3.68. The maximum atomic E-state index is 13.9. The van der Waals surface area contributed by atoms with Crippen molar-refractivity contribution in [3.63, 3.8) is 0 Å². The van der Waals surface area contributed by atoms with Gasteiger partial charge in [0.1, 0.15) is 24.6 Å². The van der Waals surface area contributed by atoms with E-state index in [1.54, 1.807) is 0 Å². The largest absolute Gasteiger partial charge is 0.406 e. The monoisotopic (exact) mass is 465 g/mol. The van der Waals surface area contributed by atoms with Gasteiger partial charge in [-0.05, 0) is 24.3 Å². The highest BCUT2D eigenvalue weighted by Gasteiger charge is 2.36. The van der Waals surface area contributed by atoms with E-state index in [4.69, 9.17) is 5.73 Å². The lowest BCUT2D eigenvalue weighted by molar-refractivity contribution is -0.158. The van der Waals surface area contributed by atoms with Gasteiger partial charge in [0.15, 0.2) is 0 Å². The minimum absolute atomic E-state index is 0.0294. The highest BCUT2D eigenvalue weighted by atomic mass is 19.4. The number of nitrogen functional groups attached to an aromatic ring is 1. The quantitative estimate of drug-likeness (QED) is 0.576. The first-order valence-corrected chi connectivity index (χ1v) is 9.86. The number of fused-ring (bicyclic) bond motifs is 1. The second kappa shape index (κ2) is 8.30. The molecule has 2 aromatic heterocycles. The van der Waals surface area contributed by atoms with Crippen LogP contribution in [0, 0.1) is 5.82 Å². The summed E-state index contributed by atoms with van der Waals surface area (Å²) in [5, 5.41) is 4.82. The van der Waals surface area contributed by atoms with Gasteiger partial charge in [0.05, 0.1) is 11.2 Å². The third-order valence-electron chi connectivity index (χ3n) is 5.32. The number of rotatable bonds is 5. The number of amides is 2. The summed E-state index contributed by atoms with van der Waals surface area (Å²) in [5.74, 6) is -1.94. The van der Waals surface area contributed by atoms with Crippen LogP contribution in [0.3, 0.4) is 0 Å². The van der Waals surface area contributed by atoms with Gasteiger partial charge in [-0.3, -0.25) is 14.3 Å². The molecule has 13 heteroatoms. The van der Waals surface area contributed by atoms with E-state index in [0.717, 1.165) is 7.05 Å². The van der Waals surface area contributed by atoms with Crippen LogP contribution < -0.4 is 5.73 Å². The number of carbonyl (C=O) groups is 2. The molecule has 0 saturated carbocycles. The maximum absolute atomic E-state index is 13.9. The van der Waals surface area contributed by atoms with Crippen LogP contribution in [0.2, 0.25) is 0 Å². The Kier molecular flexibility index (Phi) is 5.64. The number of halogens is 4. The molecule has 1 fully saturated rings. The lowest BCUT2D eigenvalue weighted by Crippen LogP contribution is -2.49. The van der Waals surface area contributed by atoms with E-state index in [0.29, 0.717) is 21.5 Å². The minimum atomic E-state index is -4.53. The van der Waals surface area contributed by atoms with E-state index in [1.807, 2.05) is 0 Å². The molecule has 2 N–H and O–H groups in total. The van der Waals surface area contributed by atoms with Crippen molar-refractivity contribution in [2.24, 2.45) is 0 Å². The van der Waals surface area contributed by atoms with Gasteiger partial charge >= 0.3 is 6.18 Å².